The third-order valence-corrected chi connectivity index (χ3v) is 3.72. The molecule has 1 fully saturated rings. The van der Waals surface area contributed by atoms with Crippen LogP contribution in [0.15, 0.2) is 48.8 Å². The Bertz CT molecular complexity index is 622. The highest BCUT2D eigenvalue weighted by Crippen LogP contribution is 2.20. The van der Waals surface area contributed by atoms with Gasteiger partial charge >= 0.3 is 0 Å². The van der Waals surface area contributed by atoms with Gasteiger partial charge in [-0.3, -0.25) is 9.78 Å². The lowest BCUT2D eigenvalue weighted by atomic mass is 10.2. The van der Waals surface area contributed by atoms with Crippen molar-refractivity contribution in [1.29, 1.82) is 0 Å². The maximum absolute atomic E-state index is 12.4. The van der Waals surface area contributed by atoms with Gasteiger partial charge in [0.2, 0.25) is 0 Å². The van der Waals surface area contributed by atoms with Crippen LogP contribution in [0.5, 0.6) is 5.75 Å². The maximum Gasteiger partial charge on any atom is 0.257 e. The largest absolute Gasteiger partial charge is 0.505 e. The molecule has 0 radical (unpaired) electrons. The lowest BCUT2D eigenvalue weighted by Crippen LogP contribution is -2.48. The Balaban J connectivity index is 1.66. The Morgan fingerprint density at radius 2 is 1.76 bits per heavy atom. The zero-order chi connectivity index (χ0) is 14.7. The minimum Gasteiger partial charge on any atom is -0.505 e. The number of carbonyl (C=O) groups is 1. The number of hydrogen-bond donors (Lipinski definition) is 1. The second-order valence-corrected chi connectivity index (χ2v) is 5.01. The highest BCUT2D eigenvalue weighted by Gasteiger charge is 2.23. The van der Waals surface area contributed by atoms with E-state index in [1.807, 2.05) is 18.2 Å². The van der Waals surface area contributed by atoms with Crippen LogP contribution in [0.25, 0.3) is 0 Å². The van der Waals surface area contributed by atoms with Gasteiger partial charge < -0.3 is 14.9 Å². The van der Waals surface area contributed by atoms with E-state index >= 15 is 0 Å². The molecule has 0 saturated carbocycles. The normalized spacial score (nSPS) is 15.0. The lowest BCUT2D eigenvalue weighted by Gasteiger charge is -2.36. The molecule has 21 heavy (non-hydrogen) atoms. The van der Waals surface area contributed by atoms with E-state index in [4.69, 9.17) is 0 Å². The van der Waals surface area contributed by atoms with Gasteiger partial charge in [0.25, 0.3) is 5.91 Å². The van der Waals surface area contributed by atoms with Crippen LogP contribution in [0.2, 0.25) is 0 Å². The molecule has 3 rings (SSSR count). The van der Waals surface area contributed by atoms with E-state index in [-0.39, 0.29) is 11.7 Å². The zero-order valence-electron chi connectivity index (χ0n) is 11.6. The van der Waals surface area contributed by atoms with Gasteiger partial charge in [-0.05, 0) is 18.2 Å². The molecular formula is C16H17N3O2. The van der Waals surface area contributed by atoms with E-state index in [0.717, 1.165) is 13.1 Å². The Labute approximate surface area is 123 Å². The van der Waals surface area contributed by atoms with Crippen LogP contribution >= 0.6 is 0 Å². The van der Waals surface area contributed by atoms with E-state index in [1.165, 1.54) is 18.1 Å². The number of carbonyl (C=O) groups excluding carboxylic acids is 1. The highest BCUT2D eigenvalue weighted by atomic mass is 16.3. The summed E-state index contributed by atoms with van der Waals surface area (Å²) in [6.45, 7) is 2.88. The molecule has 1 aromatic carbocycles. The number of aromatic hydroxyl groups is 1. The molecule has 1 amide bonds. The number of nitrogens with zero attached hydrogens (tertiary/aromatic N) is 3. The number of para-hydroxylation sites is 1. The van der Waals surface area contributed by atoms with Crippen LogP contribution in [0.1, 0.15) is 10.4 Å². The summed E-state index contributed by atoms with van der Waals surface area (Å²) in [5.74, 6) is -0.199. The number of aromatic nitrogens is 1. The minimum atomic E-state index is -0.136. The van der Waals surface area contributed by atoms with Crippen molar-refractivity contribution in [2.45, 2.75) is 0 Å². The smallest absolute Gasteiger partial charge is 0.257 e. The molecule has 5 heteroatoms. The van der Waals surface area contributed by atoms with E-state index < -0.39 is 0 Å². The minimum absolute atomic E-state index is 0.0620. The SMILES string of the molecule is O=C(c1ccncc1O)N1CCN(c2ccccc2)CC1. The predicted octanol–water partition coefficient (Wildman–Crippen LogP) is 1.75. The molecule has 1 N–H and O–H groups in total. The summed E-state index contributed by atoms with van der Waals surface area (Å²) in [5.41, 5.74) is 1.49. The molecule has 1 aliphatic rings. The van der Waals surface area contributed by atoms with E-state index in [9.17, 15) is 9.90 Å². The van der Waals surface area contributed by atoms with Gasteiger partial charge in [0.15, 0.2) is 0 Å². The second-order valence-electron chi connectivity index (χ2n) is 5.01. The van der Waals surface area contributed by atoms with Crippen molar-refractivity contribution in [3.05, 3.63) is 54.4 Å². The number of pyridine rings is 1. The molecule has 1 aromatic heterocycles. The van der Waals surface area contributed by atoms with Crippen LogP contribution in [0.4, 0.5) is 5.69 Å². The number of anilines is 1. The first-order chi connectivity index (χ1) is 10.3. The van der Waals surface area contributed by atoms with E-state index in [1.54, 1.807) is 11.0 Å². The molecule has 2 aromatic rings. The van der Waals surface area contributed by atoms with Gasteiger partial charge in [0, 0.05) is 38.1 Å². The summed E-state index contributed by atoms with van der Waals surface area (Å²) in [6.07, 6.45) is 2.82. The Morgan fingerprint density at radius 3 is 2.43 bits per heavy atom. The van der Waals surface area contributed by atoms with Crippen LogP contribution < -0.4 is 4.90 Å². The molecule has 0 atom stereocenters. The fraction of sp³-hybridized carbons (Fsp3) is 0.250. The molecule has 5 nitrogen and oxygen atoms in total. The van der Waals surface area contributed by atoms with Crippen molar-refractivity contribution >= 4 is 11.6 Å². The molecule has 0 unspecified atom stereocenters. The molecule has 108 valence electrons. The molecule has 1 aliphatic heterocycles. The van der Waals surface area contributed by atoms with Crippen LogP contribution in [0.3, 0.4) is 0 Å². The second kappa shape index (κ2) is 5.83. The fourth-order valence-electron chi connectivity index (χ4n) is 2.54. The zero-order valence-corrected chi connectivity index (χ0v) is 11.6. The van der Waals surface area contributed by atoms with Crippen LogP contribution in [0, 0.1) is 0 Å². The van der Waals surface area contributed by atoms with Crippen molar-refractivity contribution < 1.29 is 9.90 Å². The molecular weight excluding hydrogens is 266 g/mol. The monoisotopic (exact) mass is 283 g/mol. The molecule has 0 spiro atoms. The summed E-state index contributed by atoms with van der Waals surface area (Å²) in [6, 6.07) is 11.7. The van der Waals surface area contributed by atoms with Crippen molar-refractivity contribution in [1.82, 2.24) is 9.88 Å². The van der Waals surface area contributed by atoms with Gasteiger partial charge in [-0.15, -0.1) is 0 Å². The van der Waals surface area contributed by atoms with Gasteiger partial charge in [0.1, 0.15) is 5.75 Å². The van der Waals surface area contributed by atoms with Crippen LogP contribution in [-0.2, 0) is 0 Å². The summed E-state index contributed by atoms with van der Waals surface area (Å²) >= 11 is 0. The first kappa shape index (κ1) is 13.4. The van der Waals surface area contributed by atoms with Crippen molar-refractivity contribution in [2.24, 2.45) is 0 Å². The number of piperazine rings is 1. The van der Waals surface area contributed by atoms with Gasteiger partial charge in [-0.2, -0.15) is 0 Å². The van der Waals surface area contributed by atoms with Gasteiger partial charge in [0.05, 0.1) is 11.8 Å². The van der Waals surface area contributed by atoms with Crippen molar-refractivity contribution in [3.8, 4) is 5.75 Å². The summed E-state index contributed by atoms with van der Waals surface area (Å²) in [7, 11) is 0. The molecule has 0 aliphatic carbocycles. The van der Waals surface area contributed by atoms with E-state index in [0.29, 0.717) is 18.7 Å². The fourth-order valence-corrected chi connectivity index (χ4v) is 2.54. The Kier molecular flexibility index (Phi) is 3.73. The average Bonchev–Trinajstić information content (AvgIpc) is 2.56. The lowest BCUT2D eigenvalue weighted by molar-refractivity contribution is 0.0743. The third-order valence-electron chi connectivity index (χ3n) is 3.72. The molecule has 0 bridgehead atoms. The average molecular weight is 283 g/mol. The Morgan fingerprint density at radius 1 is 1.05 bits per heavy atom. The number of rotatable bonds is 2. The van der Waals surface area contributed by atoms with Crippen LogP contribution in [-0.4, -0.2) is 47.1 Å². The standard InChI is InChI=1S/C16H17N3O2/c20-15-12-17-7-6-14(15)16(21)19-10-8-18(9-11-19)13-4-2-1-3-5-13/h1-7,12,20H,8-11H2. The number of amides is 1. The topological polar surface area (TPSA) is 56.7 Å². The number of hydrogen-bond acceptors (Lipinski definition) is 4. The van der Waals surface area contributed by atoms with Crippen molar-refractivity contribution in [2.75, 3.05) is 31.1 Å². The summed E-state index contributed by atoms with van der Waals surface area (Å²) < 4.78 is 0. The number of benzene rings is 1. The van der Waals surface area contributed by atoms with Gasteiger partial charge in [-0.1, -0.05) is 18.2 Å². The quantitative estimate of drug-likeness (QED) is 0.912. The molecule has 1 saturated heterocycles. The Hall–Kier alpha value is -2.56. The first-order valence-corrected chi connectivity index (χ1v) is 6.98. The highest BCUT2D eigenvalue weighted by molar-refractivity contribution is 5.96. The maximum atomic E-state index is 12.4. The summed E-state index contributed by atoms with van der Waals surface area (Å²) in [4.78, 5) is 20.2. The van der Waals surface area contributed by atoms with E-state index in [2.05, 4.69) is 22.0 Å². The first-order valence-electron chi connectivity index (χ1n) is 6.98. The summed E-state index contributed by atoms with van der Waals surface area (Å²) in [5, 5.41) is 9.72. The predicted molar refractivity (Wildman–Crippen MR) is 80.5 cm³/mol. The van der Waals surface area contributed by atoms with Gasteiger partial charge in [-0.25, -0.2) is 0 Å². The third kappa shape index (κ3) is 2.81. The van der Waals surface area contributed by atoms with Crippen molar-refractivity contribution in [3.63, 3.8) is 0 Å². The molecule has 2 heterocycles.